The van der Waals surface area contributed by atoms with Crippen molar-refractivity contribution in [3.63, 3.8) is 0 Å². The normalized spacial score (nSPS) is 34.0. The van der Waals surface area contributed by atoms with Gasteiger partial charge in [0.15, 0.2) is 5.11 Å². The summed E-state index contributed by atoms with van der Waals surface area (Å²) in [6.45, 7) is 10.7. The number of likely N-dealkylation sites (N-methyl/N-ethyl adjacent to an activating group) is 1. The molecule has 0 aromatic heterocycles. The molecule has 1 aromatic carbocycles. The van der Waals surface area contributed by atoms with E-state index in [2.05, 4.69) is 75.5 Å². The Balaban J connectivity index is 1.45. The first-order chi connectivity index (χ1) is 15.6. The Morgan fingerprint density at radius 1 is 1.09 bits per heavy atom. The molecule has 3 aliphatic rings. The summed E-state index contributed by atoms with van der Waals surface area (Å²) in [4.78, 5) is 2.37. The van der Waals surface area contributed by atoms with Crippen LogP contribution in [-0.2, 0) is 11.8 Å². The second-order valence-electron chi connectivity index (χ2n) is 12.3. The molecule has 0 amide bonds. The second-order valence-corrected chi connectivity index (χ2v) is 12.7. The first-order valence-corrected chi connectivity index (χ1v) is 13.9. The highest BCUT2D eigenvalue weighted by molar-refractivity contribution is 7.80. The molecule has 1 unspecified atom stereocenters. The Bertz CT molecular complexity index is 849. The average Bonchev–Trinajstić information content (AvgIpc) is 2.77. The Morgan fingerprint density at radius 2 is 1.85 bits per heavy atom. The van der Waals surface area contributed by atoms with Gasteiger partial charge >= 0.3 is 0 Å². The molecule has 33 heavy (non-hydrogen) atoms. The maximum Gasteiger partial charge on any atom is 0.166 e. The summed E-state index contributed by atoms with van der Waals surface area (Å²) in [6, 6.07) is 8.43. The van der Waals surface area contributed by atoms with Crippen molar-refractivity contribution in [3.05, 3.63) is 34.9 Å². The van der Waals surface area contributed by atoms with Crippen molar-refractivity contribution in [2.75, 3.05) is 20.6 Å². The second kappa shape index (κ2) is 9.85. The van der Waals surface area contributed by atoms with Gasteiger partial charge in [0.05, 0.1) is 0 Å². The summed E-state index contributed by atoms with van der Waals surface area (Å²) in [5, 5.41) is 8.26. The molecule has 0 radical (unpaired) electrons. The molecule has 4 rings (SSSR count). The maximum atomic E-state index is 5.83. The van der Waals surface area contributed by atoms with Crippen LogP contribution < -0.4 is 10.6 Å². The third-order valence-corrected chi connectivity index (χ3v) is 9.79. The summed E-state index contributed by atoms with van der Waals surface area (Å²) in [6.07, 6.45) is 11.6. The monoisotopic (exact) mass is 469 g/mol. The van der Waals surface area contributed by atoms with Crippen LogP contribution in [0, 0.1) is 11.3 Å². The van der Waals surface area contributed by atoms with E-state index in [1.165, 1.54) is 63.4 Å². The number of nitrogens with zero attached hydrogens (tertiary/aromatic N) is 1. The predicted octanol–water partition coefficient (Wildman–Crippen LogP) is 6.16. The van der Waals surface area contributed by atoms with Crippen molar-refractivity contribution >= 4 is 17.3 Å². The molecule has 184 valence electrons. The van der Waals surface area contributed by atoms with Crippen LogP contribution in [0.5, 0.6) is 0 Å². The third kappa shape index (κ3) is 4.98. The van der Waals surface area contributed by atoms with Gasteiger partial charge in [-0.3, -0.25) is 0 Å². The van der Waals surface area contributed by atoms with Gasteiger partial charge in [0.25, 0.3) is 0 Å². The van der Waals surface area contributed by atoms with Crippen LogP contribution >= 0.6 is 12.2 Å². The zero-order valence-electron chi connectivity index (χ0n) is 22.0. The van der Waals surface area contributed by atoms with E-state index < -0.39 is 0 Å². The standard InChI is InChI=1S/C29H47N3S/c1-20(2)21-12-14-23-22(18-21)13-15-26-28(3,16-9-17-29(23,26)4)19-30-27(33)31-24-10-7-8-11-25(24)32(5)6/h12,14,18,20,24-26H,7-11,13,15-17,19H2,1-6H3,(H2,30,31,33)/t24-,25?,26+,28+,29-/m1/s1. The summed E-state index contributed by atoms with van der Waals surface area (Å²) in [7, 11) is 4.41. The van der Waals surface area contributed by atoms with Crippen molar-refractivity contribution < 1.29 is 0 Å². The van der Waals surface area contributed by atoms with E-state index in [9.17, 15) is 0 Å². The summed E-state index contributed by atoms with van der Waals surface area (Å²) in [5.74, 6) is 1.31. The van der Waals surface area contributed by atoms with E-state index in [1.807, 2.05) is 0 Å². The predicted molar refractivity (Wildman–Crippen MR) is 145 cm³/mol. The number of thiocarbonyl (C=S) groups is 1. The first-order valence-electron chi connectivity index (χ1n) is 13.5. The van der Waals surface area contributed by atoms with Gasteiger partial charge in [0, 0.05) is 18.6 Å². The summed E-state index contributed by atoms with van der Waals surface area (Å²) in [5.41, 5.74) is 5.30. The highest BCUT2D eigenvalue weighted by Gasteiger charge is 2.51. The van der Waals surface area contributed by atoms with Crippen molar-refractivity contribution in [1.82, 2.24) is 15.5 Å². The zero-order chi connectivity index (χ0) is 23.8. The van der Waals surface area contributed by atoms with Gasteiger partial charge in [-0.1, -0.05) is 65.2 Å². The number of rotatable bonds is 5. The van der Waals surface area contributed by atoms with Crippen LogP contribution in [0.4, 0.5) is 0 Å². The fourth-order valence-electron chi connectivity index (χ4n) is 7.61. The minimum Gasteiger partial charge on any atom is -0.362 e. The lowest BCUT2D eigenvalue weighted by atomic mass is 9.49. The van der Waals surface area contributed by atoms with E-state index in [0.717, 1.165) is 11.7 Å². The van der Waals surface area contributed by atoms with Crippen LogP contribution in [0.15, 0.2) is 18.2 Å². The third-order valence-electron chi connectivity index (χ3n) is 9.53. The lowest BCUT2D eigenvalue weighted by molar-refractivity contribution is 0.0291. The minimum absolute atomic E-state index is 0.278. The van der Waals surface area contributed by atoms with Crippen molar-refractivity contribution in [3.8, 4) is 0 Å². The van der Waals surface area contributed by atoms with Crippen LogP contribution in [0.3, 0.4) is 0 Å². The van der Waals surface area contributed by atoms with Gasteiger partial charge in [-0.15, -0.1) is 0 Å². The van der Waals surface area contributed by atoms with Gasteiger partial charge in [0.1, 0.15) is 0 Å². The molecule has 3 nitrogen and oxygen atoms in total. The lowest BCUT2D eigenvalue weighted by Gasteiger charge is -2.55. The molecule has 0 bridgehead atoms. The van der Waals surface area contributed by atoms with E-state index in [1.54, 1.807) is 11.1 Å². The number of hydrogen-bond acceptors (Lipinski definition) is 2. The van der Waals surface area contributed by atoms with E-state index in [-0.39, 0.29) is 10.8 Å². The molecule has 2 N–H and O–H groups in total. The molecule has 2 fully saturated rings. The van der Waals surface area contributed by atoms with E-state index in [0.29, 0.717) is 23.9 Å². The van der Waals surface area contributed by atoms with Gasteiger partial charge in [-0.2, -0.15) is 0 Å². The van der Waals surface area contributed by atoms with Crippen LogP contribution in [-0.4, -0.2) is 42.7 Å². The van der Waals surface area contributed by atoms with Crippen molar-refractivity contribution in [2.24, 2.45) is 11.3 Å². The largest absolute Gasteiger partial charge is 0.362 e. The Hall–Kier alpha value is -1.13. The van der Waals surface area contributed by atoms with Crippen LogP contribution in [0.2, 0.25) is 0 Å². The maximum absolute atomic E-state index is 5.83. The van der Waals surface area contributed by atoms with Crippen molar-refractivity contribution in [1.29, 1.82) is 0 Å². The molecule has 0 heterocycles. The fraction of sp³-hybridized carbons (Fsp3) is 0.759. The molecular formula is C29H47N3S. The van der Waals surface area contributed by atoms with Gasteiger partial charge in [0.2, 0.25) is 0 Å². The zero-order valence-corrected chi connectivity index (χ0v) is 22.8. The van der Waals surface area contributed by atoms with Crippen LogP contribution in [0.1, 0.15) is 102 Å². The Kier molecular flexibility index (Phi) is 7.46. The molecule has 0 spiro atoms. The van der Waals surface area contributed by atoms with Crippen LogP contribution in [0.25, 0.3) is 0 Å². The highest BCUT2D eigenvalue weighted by Crippen LogP contribution is 2.57. The topological polar surface area (TPSA) is 27.3 Å². The molecule has 1 aromatic rings. The number of hydrogen-bond donors (Lipinski definition) is 2. The molecule has 0 saturated heterocycles. The molecule has 3 aliphatic carbocycles. The first kappa shape index (κ1) is 25.0. The lowest BCUT2D eigenvalue weighted by Crippen LogP contribution is -2.56. The number of benzene rings is 1. The minimum atomic E-state index is 0.278. The SMILES string of the molecule is CC(C)c1ccc2c(c1)CC[C@H]1[C@](C)(CNC(=S)N[C@@H]3CCCCC3N(C)C)CCC[C@]21C. The van der Waals surface area contributed by atoms with E-state index >= 15 is 0 Å². The molecule has 0 aliphatic heterocycles. The molecule has 4 heteroatoms. The number of nitrogens with one attached hydrogen (secondary N) is 2. The highest BCUT2D eigenvalue weighted by atomic mass is 32.1. The Morgan fingerprint density at radius 3 is 2.58 bits per heavy atom. The Labute approximate surface area is 208 Å². The van der Waals surface area contributed by atoms with Crippen molar-refractivity contribution in [2.45, 2.75) is 109 Å². The quantitative estimate of drug-likeness (QED) is 0.505. The molecule has 5 atom stereocenters. The summed E-state index contributed by atoms with van der Waals surface area (Å²) < 4.78 is 0. The summed E-state index contributed by atoms with van der Waals surface area (Å²) >= 11 is 5.83. The average molecular weight is 470 g/mol. The van der Waals surface area contributed by atoms with Gasteiger partial charge in [-0.05, 0) is 104 Å². The smallest absolute Gasteiger partial charge is 0.166 e. The fourth-order valence-corrected chi connectivity index (χ4v) is 7.84. The van der Waals surface area contributed by atoms with Gasteiger partial charge in [-0.25, -0.2) is 0 Å². The van der Waals surface area contributed by atoms with Gasteiger partial charge < -0.3 is 15.5 Å². The molecular weight excluding hydrogens is 422 g/mol. The number of aryl methyl sites for hydroxylation is 1. The number of fused-ring (bicyclic) bond motifs is 3. The molecule has 2 saturated carbocycles. The van der Waals surface area contributed by atoms with E-state index in [4.69, 9.17) is 12.2 Å².